The van der Waals surface area contributed by atoms with E-state index in [1.54, 1.807) is 12.0 Å². The molecule has 0 radical (unpaired) electrons. The summed E-state index contributed by atoms with van der Waals surface area (Å²) in [5.74, 6) is -0.784. The van der Waals surface area contributed by atoms with Crippen molar-refractivity contribution in [1.29, 1.82) is 0 Å². The molecule has 0 aromatic heterocycles. The van der Waals surface area contributed by atoms with Gasteiger partial charge in [-0.1, -0.05) is 63.2 Å². The van der Waals surface area contributed by atoms with Gasteiger partial charge in [-0.2, -0.15) is 0 Å². The lowest BCUT2D eigenvalue weighted by molar-refractivity contribution is -0.147. The lowest BCUT2D eigenvalue weighted by Crippen LogP contribution is -2.44. The van der Waals surface area contributed by atoms with Gasteiger partial charge in [0.15, 0.2) is 0 Å². The number of carboxylic acids is 1. The van der Waals surface area contributed by atoms with Crippen molar-refractivity contribution in [1.82, 2.24) is 0 Å². The highest BCUT2D eigenvalue weighted by Gasteiger charge is 2.39. The van der Waals surface area contributed by atoms with Crippen LogP contribution < -0.4 is 9.64 Å². The first-order chi connectivity index (χ1) is 15.7. The van der Waals surface area contributed by atoms with Gasteiger partial charge in [0.25, 0.3) is 5.91 Å². The normalized spacial score (nSPS) is 18.7. The summed E-state index contributed by atoms with van der Waals surface area (Å²) in [6.07, 6.45) is -2.17. The van der Waals surface area contributed by atoms with E-state index in [1.807, 2.05) is 81.4 Å². The van der Waals surface area contributed by atoms with E-state index in [4.69, 9.17) is 9.47 Å². The number of methoxy groups -OCH3 is 1. The van der Waals surface area contributed by atoms with Gasteiger partial charge in [0.05, 0.1) is 19.2 Å². The van der Waals surface area contributed by atoms with Gasteiger partial charge in [0, 0.05) is 12.1 Å². The number of ether oxygens (including phenoxy) is 2. The number of carboxylic acid groups (broad SMARTS) is 1. The standard InChI is InChI=1S/C27H29NO5/c1-27(2,3)16-28-22-13-12-18(32-4)14-21(22)25(33-23(26(28)31)15-24(29)30)20-11-7-9-17-8-5-6-10-19(17)20/h5-14,23,25H,15-16H2,1-4H3,(H,29,30). The molecule has 172 valence electrons. The van der Waals surface area contributed by atoms with Gasteiger partial charge >= 0.3 is 5.97 Å². The van der Waals surface area contributed by atoms with Crippen LogP contribution in [-0.4, -0.2) is 36.7 Å². The van der Waals surface area contributed by atoms with Crippen molar-refractivity contribution in [2.45, 2.75) is 39.4 Å². The van der Waals surface area contributed by atoms with E-state index in [-0.39, 0.29) is 11.3 Å². The molecule has 0 bridgehead atoms. The number of fused-ring (bicyclic) bond motifs is 2. The Hall–Kier alpha value is -3.38. The molecule has 1 amide bonds. The van der Waals surface area contributed by atoms with E-state index in [1.165, 1.54) is 0 Å². The van der Waals surface area contributed by atoms with Gasteiger partial charge in [0.2, 0.25) is 0 Å². The molecule has 4 rings (SSSR count). The highest BCUT2D eigenvalue weighted by atomic mass is 16.5. The summed E-state index contributed by atoms with van der Waals surface area (Å²) in [5, 5.41) is 11.6. The van der Waals surface area contributed by atoms with E-state index in [2.05, 4.69) is 0 Å². The van der Waals surface area contributed by atoms with Gasteiger partial charge < -0.3 is 19.5 Å². The van der Waals surface area contributed by atoms with Crippen molar-refractivity contribution in [3.63, 3.8) is 0 Å². The molecule has 0 fully saturated rings. The summed E-state index contributed by atoms with van der Waals surface area (Å²) < 4.78 is 11.9. The van der Waals surface area contributed by atoms with Gasteiger partial charge in [-0.25, -0.2) is 0 Å². The van der Waals surface area contributed by atoms with Crippen molar-refractivity contribution in [2.75, 3.05) is 18.6 Å². The molecule has 1 aliphatic rings. The van der Waals surface area contributed by atoms with Crippen LogP contribution in [0, 0.1) is 5.41 Å². The van der Waals surface area contributed by atoms with E-state index in [0.29, 0.717) is 18.0 Å². The topological polar surface area (TPSA) is 76.1 Å². The second kappa shape index (κ2) is 8.87. The van der Waals surface area contributed by atoms with Crippen LogP contribution in [0.2, 0.25) is 0 Å². The number of rotatable bonds is 5. The molecule has 33 heavy (non-hydrogen) atoms. The second-order valence-electron chi connectivity index (χ2n) is 9.58. The number of carbonyl (C=O) groups is 2. The third-order valence-electron chi connectivity index (χ3n) is 5.75. The first kappa shape index (κ1) is 22.8. The summed E-state index contributed by atoms with van der Waals surface area (Å²) in [5.41, 5.74) is 2.15. The van der Waals surface area contributed by atoms with Crippen LogP contribution in [0.15, 0.2) is 60.7 Å². The maximum absolute atomic E-state index is 13.6. The average molecular weight is 448 g/mol. The predicted molar refractivity (Wildman–Crippen MR) is 128 cm³/mol. The molecular formula is C27H29NO5. The van der Waals surface area contributed by atoms with Crippen LogP contribution in [0.4, 0.5) is 5.69 Å². The molecule has 2 atom stereocenters. The molecule has 6 heteroatoms. The zero-order valence-electron chi connectivity index (χ0n) is 19.4. The fraction of sp³-hybridized carbons (Fsp3) is 0.333. The Kier molecular flexibility index (Phi) is 6.13. The Labute approximate surface area is 193 Å². The first-order valence-electron chi connectivity index (χ1n) is 11.0. The van der Waals surface area contributed by atoms with Gasteiger partial charge in [0.1, 0.15) is 18.0 Å². The number of nitrogens with zero attached hydrogens (tertiary/aromatic N) is 1. The monoisotopic (exact) mass is 447 g/mol. The van der Waals surface area contributed by atoms with Gasteiger partial charge in [-0.3, -0.25) is 9.59 Å². The lowest BCUT2D eigenvalue weighted by atomic mass is 9.92. The molecule has 1 heterocycles. The maximum Gasteiger partial charge on any atom is 0.306 e. The molecule has 2 unspecified atom stereocenters. The molecule has 6 nitrogen and oxygen atoms in total. The second-order valence-corrected chi connectivity index (χ2v) is 9.58. The summed E-state index contributed by atoms with van der Waals surface area (Å²) in [4.78, 5) is 27.0. The molecule has 0 spiro atoms. The van der Waals surface area contributed by atoms with Gasteiger partial charge in [-0.15, -0.1) is 0 Å². The average Bonchev–Trinajstić information content (AvgIpc) is 2.87. The van der Waals surface area contributed by atoms with Crippen molar-refractivity contribution in [3.05, 3.63) is 71.8 Å². The van der Waals surface area contributed by atoms with Crippen molar-refractivity contribution in [2.24, 2.45) is 5.41 Å². The van der Waals surface area contributed by atoms with Crippen LogP contribution in [0.3, 0.4) is 0 Å². The van der Waals surface area contributed by atoms with Crippen molar-refractivity contribution < 1.29 is 24.2 Å². The summed E-state index contributed by atoms with van der Waals surface area (Å²) in [6.45, 7) is 6.56. The van der Waals surface area contributed by atoms with E-state index in [9.17, 15) is 14.7 Å². The summed E-state index contributed by atoms with van der Waals surface area (Å²) in [6, 6.07) is 19.5. The Morgan fingerprint density at radius 1 is 1.06 bits per heavy atom. The molecule has 1 aliphatic heterocycles. The molecule has 0 saturated carbocycles. The first-order valence-corrected chi connectivity index (χ1v) is 11.0. The van der Waals surface area contributed by atoms with Crippen LogP contribution in [0.5, 0.6) is 5.75 Å². The third kappa shape index (κ3) is 4.71. The SMILES string of the molecule is COc1ccc2c(c1)C(c1cccc3ccccc13)OC(CC(=O)O)C(=O)N2CC(C)(C)C. The highest BCUT2D eigenvalue weighted by Crippen LogP contribution is 2.43. The molecular weight excluding hydrogens is 418 g/mol. The number of amides is 1. The van der Waals surface area contributed by atoms with Crippen LogP contribution >= 0.6 is 0 Å². The Balaban J connectivity index is 1.97. The number of hydrogen-bond donors (Lipinski definition) is 1. The molecule has 3 aromatic rings. The van der Waals surface area contributed by atoms with Crippen LogP contribution in [-0.2, 0) is 14.3 Å². The molecule has 3 aromatic carbocycles. The fourth-order valence-electron chi connectivity index (χ4n) is 4.36. The lowest BCUT2D eigenvalue weighted by Gasteiger charge is -2.31. The zero-order valence-corrected chi connectivity index (χ0v) is 19.4. The third-order valence-corrected chi connectivity index (χ3v) is 5.75. The van der Waals surface area contributed by atoms with Crippen molar-refractivity contribution >= 4 is 28.3 Å². The largest absolute Gasteiger partial charge is 0.497 e. The maximum atomic E-state index is 13.6. The number of anilines is 1. The number of aliphatic carboxylic acids is 1. The van der Waals surface area contributed by atoms with Crippen molar-refractivity contribution in [3.8, 4) is 5.75 Å². The van der Waals surface area contributed by atoms with E-state index < -0.39 is 24.6 Å². The minimum absolute atomic E-state index is 0.208. The molecule has 1 N–H and O–H groups in total. The Bertz CT molecular complexity index is 1190. The van der Waals surface area contributed by atoms with Crippen LogP contribution in [0.25, 0.3) is 10.8 Å². The molecule has 0 saturated heterocycles. The Morgan fingerprint density at radius 2 is 1.79 bits per heavy atom. The Morgan fingerprint density at radius 3 is 2.48 bits per heavy atom. The summed E-state index contributed by atoms with van der Waals surface area (Å²) in [7, 11) is 1.59. The summed E-state index contributed by atoms with van der Waals surface area (Å²) >= 11 is 0. The number of benzene rings is 3. The quantitative estimate of drug-likeness (QED) is 0.582. The van der Waals surface area contributed by atoms with Gasteiger partial charge in [-0.05, 0) is 39.9 Å². The highest BCUT2D eigenvalue weighted by molar-refractivity contribution is 6.00. The van der Waals surface area contributed by atoms with E-state index in [0.717, 1.165) is 21.9 Å². The van der Waals surface area contributed by atoms with E-state index >= 15 is 0 Å². The van der Waals surface area contributed by atoms with Crippen LogP contribution in [0.1, 0.15) is 44.4 Å². The smallest absolute Gasteiger partial charge is 0.306 e. The zero-order chi connectivity index (χ0) is 23.8. The minimum Gasteiger partial charge on any atom is -0.497 e. The number of carbonyl (C=O) groups excluding carboxylic acids is 1. The molecule has 0 aliphatic carbocycles. The predicted octanol–water partition coefficient (Wildman–Crippen LogP) is 5.19. The number of hydrogen-bond acceptors (Lipinski definition) is 4. The minimum atomic E-state index is -1.12. The fourth-order valence-corrected chi connectivity index (χ4v) is 4.36.